The fourth-order valence-electron chi connectivity index (χ4n) is 3.93. The number of aromatic nitrogens is 4. The third kappa shape index (κ3) is 3.81. The Bertz CT molecular complexity index is 1360. The SMILES string of the molecule is O=c1cc(-c2cccc(-n3ncc4cc([S@@](=O)[C@@H]5CCC(F)(F)C5)cnc43)c2)cc[nH]1. The van der Waals surface area contributed by atoms with Gasteiger partial charge in [-0.1, -0.05) is 12.1 Å². The lowest BCUT2D eigenvalue weighted by molar-refractivity contribution is 0.00967. The Hall–Kier alpha value is -3.20. The van der Waals surface area contributed by atoms with E-state index in [0.717, 1.165) is 16.8 Å². The molecule has 1 aromatic carbocycles. The van der Waals surface area contributed by atoms with Crippen molar-refractivity contribution in [2.45, 2.75) is 35.3 Å². The fraction of sp³-hybridized carbons (Fsp3) is 0.227. The quantitative estimate of drug-likeness (QED) is 0.519. The third-order valence-corrected chi connectivity index (χ3v) is 7.17. The summed E-state index contributed by atoms with van der Waals surface area (Å²) in [4.78, 5) is 19.1. The second kappa shape index (κ2) is 7.49. The fourth-order valence-corrected chi connectivity index (χ4v) is 5.44. The molecule has 158 valence electrons. The number of H-pyrrole nitrogens is 1. The number of benzene rings is 1. The second-order valence-corrected chi connectivity index (χ2v) is 9.38. The zero-order valence-corrected chi connectivity index (χ0v) is 17.1. The summed E-state index contributed by atoms with van der Waals surface area (Å²) in [5.74, 6) is -2.74. The molecule has 0 radical (unpaired) electrons. The zero-order chi connectivity index (χ0) is 21.6. The first-order valence-corrected chi connectivity index (χ1v) is 11.0. The Labute approximate surface area is 178 Å². The summed E-state index contributed by atoms with van der Waals surface area (Å²) in [6.45, 7) is 0. The van der Waals surface area contributed by atoms with Crippen molar-refractivity contribution in [3.05, 3.63) is 71.4 Å². The molecule has 9 heteroatoms. The van der Waals surface area contributed by atoms with Gasteiger partial charge in [-0.05, 0) is 41.8 Å². The molecule has 6 nitrogen and oxygen atoms in total. The van der Waals surface area contributed by atoms with Crippen molar-refractivity contribution in [3.8, 4) is 16.8 Å². The summed E-state index contributed by atoms with van der Waals surface area (Å²) in [6, 6.07) is 12.6. The Kier molecular flexibility index (Phi) is 4.77. The van der Waals surface area contributed by atoms with Crippen LogP contribution in [-0.2, 0) is 10.8 Å². The summed E-state index contributed by atoms with van der Waals surface area (Å²) < 4.78 is 41.4. The molecule has 5 rings (SSSR count). The molecule has 0 spiro atoms. The molecule has 0 aliphatic heterocycles. The van der Waals surface area contributed by atoms with Gasteiger partial charge in [0.25, 0.3) is 0 Å². The van der Waals surface area contributed by atoms with Crippen molar-refractivity contribution in [2.75, 3.05) is 0 Å². The minimum absolute atomic E-state index is 0.185. The van der Waals surface area contributed by atoms with E-state index in [1.165, 1.54) is 12.3 Å². The zero-order valence-electron chi connectivity index (χ0n) is 16.3. The summed E-state index contributed by atoms with van der Waals surface area (Å²) in [5, 5.41) is 4.52. The van der Waals surface area contributed by atoms with E-state index in [0.29, 0.717) is 15.9 Å². The smallest absolute Gasteiger partial charge is 0.249 e. The van der Waals surface area contributed by atoms with Gasteiger partial charge >= 0.3 is 0 Å². The highest BCUT2D eigenvalue weighted by atomic mass is 32.2. The van der Waals surface area contributed by atoms with Crippen LogP contribution >= 0.6 is 0 Å². The Morgan fingerprint density at radius 3 is 2.74 bits per heavy atom. The molecular weight excluding hydrogens is 422 g/mol. The lowest BCUT2D eigenvalue weighted by Crippen LogP contribution is -2.16. The van der Waals surface area contributed by atoms with Crippen LogP contribution in [0.25, 0.3) is 27.8 Å². The highest BCUT2D eigenvalue weighted by Gasteiger charge is 2.42. The van der Waals surface area contributed by atoms with Crippen LogP contribution in [0.2, 0.25) is 0 Å². The predicted octanol–water partition coefficient (Wildman–Crippen LogP) is 4.07. The highest BCUT2D eigenvalue weighted by Crippen LogP contribution is 2.38. The van der Waals surface area contributed by atoms with Crippen LogP contribution < -0.4 is 5.56 Å². The number of hydrogen-bond donors (Lipinski definition) is 1. The van der Waals surface area contributed by atoms with Crippen LogP contribution in [0, 0.1) is 0 Å². The second-order valence-electron chi connectivity index (χ2n) is 7.65. The van der Waals surface area contributed by atoms with Gasteiger partial charge in [0.05, 0.1) is 27.6 Å². The van der Waals surface area contributed by atoms with Crippen LogP contribution in [0.3, 0.4) is 0 Å². The van der Waals surface area contributed by atoms with Crippen LogP contribution in [0.1, 0.15) is 19.3 Å². The van der Waals surface area contributed by atoms with Gasteiger partial charge in [0.1, 0.15) is 0 Å². The molecule has 0 saturated heterocycles. The van der Waals surface area contributed by atoms with E-state index in [9.17, 15) is 17.8 Å². The number of nitrogens with zero attached hydrogens (tertiary/aromatic N) is 3. The molecule has 3 heterocycles. The van der Waals surface area contributed by atoms with Crippen LogP contribution in [0.4, 0.5) is 8.78 Å². The lowest BCUT2D eigenvalue weighted by Gasteiger charge is -2.11. The van der Waals surface area contributed by atoms with Gasteiger partial charge < -0.3 is 4.98 Å². The molecule has 1 saturated carbocycles. The van der Waals surface area contributed by atoms with E-state index < -0.39 is 22.0 Å². The summed E-state index contributed by atoms with van der Waals surface area (Å²) in [6.07, 6.45) is 4.36. The van der Waals surface area contributed by atoms with Gasteiger partial charge in [-0.15, -0.1) is 0 Å². The molecule has 0 bridgehead atoms. The Morgan fingerprint density at radius 2 is 1.97 bits per heavy atom. The van der Waals surface area contributed by atoms with E-state index >= 15 is 0 Å². The van der Waals surface area contributed by atoms with E-state index in [4.69, 9.17) is 0 Å². The van der Waals surface area contributed by atoms with Gasteiger partial charge in [-0.3, -0.25) is 9.00 Å². The van der Waals surface area contributed by atoms with Crippen molar-refractivity contribution in [1.82, 2.24) is 19.7 Å². The van der Waals surface area contributed by atoms with Crippen LogP contribution in [-0.4, -0.2) is 35.1 Å². The molecule has 3 aromatic heterocycles. The van der Waals surface area contributed by atoms with Gasteiger partial charge in [0, 0.05) is 41.9 Å². The number of rotatable bonds is 4. The Morgan fingerprint density at radius 1 is 1.13 bits per heavy atom. The van der Waals surface area contributed by atoms with Crippen molar-refractivity contribution in [1.29, 1.82) is 0 Å². The van der Waals surface area contributed by atoms with Gasteiger partial charge in [0.2, 0.25) is 11.5 Å². The van der Waals surface area contributed by atoms with Crippen molar-refractivity contribution < 1.29 is 13.0 Å². The molecular formula is C22H18F2N4O2S. The highest BCUT2D eigenvalue weighted by molar-refractivity contribution is 7.85. The topological polar surface area (TPSA) is 80.6 Å². The van der Waals surface area contributed by atoms with E-state index in [-0.39, 0.29) is 24.8 Å². The van der Waals surface area contributed by atoms with Gasteiger partial charge in [-0.2, -0.15) is 5.10 Å². The molecule has 0 unspecified atom stereocenters. The average molecular weight is 440 g/mol. The van der Waals surface area contributed by atoms with E-state index in [2.05, 4.69) is 15.1 Å². The Balaban J connectivity index is 1.48. The number of halogens is 2. The maximum atomic E-state index is 13.5. The maximum Gasteiger partial charge on any atom is 0.249 e. The van der Waals surface area contributed by atoms with Crippen molar-refractivity contribution >= 4 is 21.8 Å². The number of nitrogens with one attached hydrogen (secondary N) is 1. The standard InChI is InChI=1S/C22H18F2N4O2S/c23-22(24)6-4-18(11-22)31(30)19-9-16-12-27-28(21(16)26-13-19)17-3-1-2-14(8-17)15-5-7-25-20(29)10-15/h1-3,5,7-10,12-13,18H,4,6,11H2,(H,25,29)/t18-,31+/m1/s1. The molecule has 2 atom stereocenters. The number of hydrogen-bond acceptors (Lipinski definition) is 4. The first-order chi connectivity index (χ1) is 14.9. The minimum atomic E-state index is -2.74. The monoisotopic (exact) mass is 440 g/mol. The number of alkyl halides is 2. The van der Waals surface area contributed by atoms with Gasteiger partial charge in [-0.25, -0.2) is 18.4 Å². The molecule has 31 heavy (non-hydrogen) atoms. The average Bonchev–Trinajstić information content (AvgIpc) is 3.35. The molecule has 1 N–H and O–H groups in total. The number of fused-ring (bicyclic) bond motifs is 1. The first-order valence-electron chi connectivity index (χ1n) is 9.81. The summed E-state index contributed by atoms with van der Waals surface area (Å²) >= 11 is 0. The minimum Gasteiger partial charge on any atom is -0.329 e. The normalized spacial score (nSPS) is 19.0. The lowest BCUT2D eigenvalue weighted by atomic mass is 10.1. The van der Waals surface area contributed by atoms with Crippen LogP contribution in [0.5, 0.6) is 0 Å². The summed E-state index contributed by atoms with van der Waals surface area (Å²) in [7, 11) is -1.54. The van der Waals surface area contributed by atoms with E-state index in [1.807, 2.05) is 30.3 Å². The molecule has 4 aromatic rings. The number of pyridine rings is 2. The van der Waals surface area contributed by atoms with Crippen molar-refractivity contribution in [3.63, 3.8) is 0 Å². The molecule has 1 aliphatic carbocycles. The summed E-state index contributed by atoms with van der Waals surface area (Å²) in [5.41, 5.74) is 2.77. The van der Waals surface area contributed by atoms with E-state index in [1.54, 1.807) is 23.1 Å². The largest absolute Gasteiger partial charge is 0.329 e. The first kappa shape index (κ1) is 19.7. The molecule has 1 fully saturated rings. The number of aromatic amines is 1. The van der Waals surface area contributed by atoms with Crippen LogP contribution in [0.15, 0.2) is 70.7 Å². The predicted molar refractivity (Wildman–Crippen MR) is 114 cm³/mol. The molecule has 1 aliphatic rings. The van der Waals surface area contributed by atoms with Gasteiger partial charge in [0.15, 0.2) is 5.65 Å². The molecule has 0 amide bonds. The maximum absolute atomic E-state index is 13.5. The van der Waals surface area contributed by atoms with Crippen molar-refractivity contribution in [2.24, 2.45) is 0 Å². The third-order valence-electron chi connectivity index (χ3n) is 5.48.